The number of carbonyl (C=O) groups is 1. The van der Waals surface area contributed by atoms with E-state index in [1.165, 1.54) is 0 Å². The van der Waals surface area contributed by atoms with Crippen LogP contribution in [0.5, 0.6) is 5.75 Å². The average molecular weight is 351 g/mol. The summed E-state index contributed by atoms with van der Waals surface area (Å²) in [6, 6.07) is 16.7. The minimum Gasteiger partial charge on any atom is -0.486 e. The summed E-state index contributed by atoms with van der Waals surface area (Å²) in [5.41, 5.74) is 1.49. The lowest BCUT2D eigenvalue weighted by atomic mass is 10.1. The molecule has 2 aromatic carbocycles. The summed E-state index contributed by atoms with van der Waals surface area (Å²) < 4.78 is 7.39. The quantitative estimate of drug-likeness (QED) is 0.654. The Labute approximate surface area is 152 Å². The highest BCUT2D eigenvalue weighted by atomic mass is 16.5. The van der Waals surface area contributed by atoms with Crippen molar-refractivity contribution in [3.05, 3.63) is 66.0 Å². The number of tetrazole rings is 1. The molecule has 0 fully saturated rings. The van der Waals surface area contributed by atoms with Gasteiger partial charge in [-0.25, -0.2) is 4.68 Å². The summed E-state index contributed by atoms with van der Waals surface area (Å²) in [6.45, 7) is 5.48. The smallest absolute Gasteiger partial charge is 0.258 e. The van der Waals surface area contributed by atoms with Crippen LogP contribution in [0.3, 0.4) is 0 Å². The van der Waals surface area contributed by atoms with Crippen molar-refractivity contribution < 1.29 is 9.53 Å². The summed E-state index contributed by atoms with van der Waals surface area (Å²) in [6.07, 6.45) is 0. The van der Waals surface area contributed by atoms with E-state index in [-0.39, 0.29) is 12.5 Å². The van der Waals surface area contributed by atoms with E-state index in [1.54, 1.807) is 33.8 Å². The number of nitrogens with zero attached hydrogens (tertiary/aromatic N) is 5. The van der Waals surface area contributed by atoms with Crippen molar-refractivity contribution in [2.24, 2.45) is 0 Å². The standard InChI is InChI=1S/C19H21N5O2/c1-3-23(16-8-6-5-7-9-16)19(25)15-10-12-17(13-11-15)26-14-18-20-21-22-24(18)4-2/h5-13H,3-4,14H2,1-2H3. The van der Waals surface area contributed by atoms with E-state index in [0.717, 1.165) is 5.69 Å². The molecule has 0 radical (unpaired) electrons. The fourth-order valence-electron chi connectivity index (χ4n) is 2.62. The Morgan fingerprint density at radius 3 is 2.46 bits per heavy atom. The van der Waals surface area contributed by atoms with Crippen LogP contribution in [0.1, 0.15) is 30.0 Å². The molecule has 0 bridgehead atoms. The molecule has 0 saturated heterocycles. The van der Waals surface area contributed by atoms with Crippen LogP contribution in [0.2, 0.25) is 0 Å². The van der Waals surface area contributed by atoms with Gasteiger partial charge in [-0.3, -0.25) is 4.79 Å². The van der Waals surface area contributed by atoms with Crippen LogP contribution in [0.25, 0.3) is 0 Å². The monoisotopic (exact) mass is 351 g/mol. The first-order valence-electron chi connectivity index (χ1n) is 8.57. The summed E-state index contributed by atoms with van der Waals surface area (Å²) in [4.78, 5) is 14.5. The van der Waals surface area contributed by atoms with Gasteiger partial charge in [0.15, 0.2) is 5.82 Å². The summed E-state index contributed by atoms with van der Waals surface area (Å²) in [7, 11) is 0. The third-order valence-electron chi connectivity index (χ3n) is 4.00. The van der Waals surface area contributed by atoms with Crippen molar-refractivity contribution in [2.75, 3.05) is 11.4 Å². The SMILES string of the molecule is CCN(C(=O)c1ccc(OCc2nnnn2CC)cc1)c1ccccc1. The van der Waals surface area contributed by atoms with Gasteiger partial charge in [-0.15, -0.1) is 5.10 Å². The van der Waals surface area contributed by atoms with Gasteiger partial charge in [0, 0.05) is 24.3 Å². The Hall–Kier alpha value is -3.22. The van der Waals surface area contributed by atoms with E-state index in [2.05, 4.69) is 15.5 Å². The molecule has 7 nitrogen and oxygen atoms in total. The molecule has 134 valence electrons. The molecular formula is C19H21N5O2. The average Bonchev–Trinajstić information content (AvgIpc) is 3.16. The second kappa shape index (κ2) is 8.24. The van der Waals surface area contributed by atoms with Gasteiger partial charge in [0.2, 0.25) is 0 Å². The molecule has 3 aromatic rings. The number of rotatable bonds is 7. The minimum atomic E-state index is -0.0415. The number of ether oxygens (including phenoxy) is 1. The highest BCUT2D eigenvalue weighted by molar-refractivity contribution is 6.06. The zero-order valence-electron chi connectivity index (χ0n) is 14.9. The van der Waals surface area contributed by atoms with Gasteiger partial charge in [-0.05, 0) is 60.7 Å². The number of hydrogen-bond donors (Lipinski definition) is 0. The zero-order chi connectivity index (χ0) is 18.4. The van der Waals surface area contributed by atoms with Gasteiger partial charge in [-0.2, -0.15) is 0 Å². The molecule has 0 aliphatic heterocycles. The molecule has 1 heterocycles. The van der Waals surface area contributed by atoms with E-state index in [1.807, 2.05) is 44.2 Å². The summed E-state index contributed by atoms with van der Waals surface area (Å²) in [5.74, 6) is 1.28. The van der Waals surface area contributed by atoms with Gasteiger partial charge in [0.05, 0.1) is 0 Å². The molecule has 0 spiro atoms. The first kappa shape index (κ1) is 17.6. The molecule has 0 N–H and O–H groups in total. The van der Waals surface area contributed by atoms with Crippen LogP contribution in [-0.2, 0) is 13.2 Å². The fourth-order valence-corrected chi connectivity index (χ4v) is 2.62. The first-order chi connectivity index (χ1) is 12.7. The van der Waals surface area contributed by atoms with Crippen LogP contribution >= 0.6 is 0 Å². The Morgan fingerprint density at radius 2 is 1.81 bits per heavy atom. The second-order valence-corrected chi connectivity index (χ2v) is 5.61. The maximum atomic E-state index is 12.8. The molecule has 7 heteroatoms. The summed E-state index contributed by atoms with van der Waals surface area (Å²) >= 11 is 0. The van der Waals surface area contributed by atoms with Crippen LogP contribution in [0, 0.1) is 0 Å². The number of anilines is 1. The minimum absolute atomic E-state index is 0.0415. The topological polar surface area (TPSA) is 73.1 Å². The molecule has 26 heavy (non-hydrogen) atoms. The van der Waals surface area contributed by atoms with Crippen molar-refractivity contribution >= 4 is 11.6 Å². The normalized spacial score (nSPS) is 10.5. The van der Waals surface area contributed by atoms with Crippen molar-refractivity contribution in [1.82, 2.24) is 20.2 Å². The number of benzene rings is 2. The molecule has 0 aliphatic carbocycles. The van der Waals surface area contributed by atoms with Crippen molar-refractivity contribution in [3.63, 3.8) is 0 Å². The van der Waals surface area contributed by atoms with E-state index in [9.17, 15) is 4.79 Å². The number of aryl methyl sites for hydroxylation is 1. The second-order valence-electron chi connectivity index (χ2n) is 5.61. The molecule has 1 aromatic heterocycles. The molecule has 3 rings (SSSR count). The maximum absolute atomic E-state index is 12.8. The van der Waals surface area contributed by atoms with Crippen molar-refractivity contribution in [2.45, 2.75) is 27.0 Å². The van der Waals surface area contributed by atoms with Crippen LogP contribution in [0.15, 0.2) is 54.6 Å². The van der Waals surface area contributed by atoms with Crippen molar-refractivity contribution in [1.29, 1.82) is 0 Å². The Bertz CT molecular complexity index is 846. The van der Waals surface area contributed by atoms with Crippen LogP contribution < -0.4 is 9.64 Å². The van der Waals surface area contributed by atoms with Gasteiger partial charge < -0.3 is 9.64 Å². The molecule has 1 amide bonds. The number of aromatic nitrogens is 4. The van der Waals surface area contributed by atoms with Gasteiger partial charge in [0.25, 0.3) is 5.91 Å². The Kier molecular flexibility index (Phi) is 5.58. The molecule has 0 aliphatic rings. The largest absolute Gasteiger partial charge is 0.486 e. The maximum Gasteiger partial charge on any atom is 0.258 e. The molecule has 0 atom stereocenters. The third-order valence-corrected chi connectivity index (χ3v) is 4.00. The lowest BCUT2D eigenvalue weighted by Crippen LogP contribution is -2.30. The lowest BCUT2D eigenvalue weighted by molar-refractivity contribution is 0.0988. The van der Waals surface area contributed by atoms with Gasteiger partial charge in [0.1, 0.15) is 12.4 Å². The van der Waals surface area contributed by atoms with E-state index in [0.29, 0.717) is 30.2 Å². The molecular weight excluding hydrogens is 330 g/mol. The zero-order valence-corrected chi connectivity index (χ0v) is 14.9. The van der Waals surface area contributed by atoms with Crippen molar-refractivity contribution in [3.8, 4) is 5.75 Å². The third kappa shape index (κ3) is 3.88. The number of carbonyl (C=O) groups excluding carboxylic acids is 1. The van der Waals surface area contributed by atoms with Crippen LogP contribution in [-0.4, -0.2) is 32.7 Å². The van der Waals surface area contributed by atoms with E-state index >= 15 is 0 Å². The first-order valence-corrected chi connectivity index (χ1v) is 8.57. The molecule has 0 saturated carbocycles. The predicted octanol–water partition coefficient (Wildman–Crippen LogP) is 2.94. The number of hydrogen-bond acceptors (Lipinski definition) is 5. The number of para-hydroxylation sites is 1. The lowest BCUT2D eigenvalue weighted by Gasteiger charge is -2.21. The van der Waals surface area contributed by atoms with Gasteiger partial charge >= 0.3 is 0 Å². The predicted molar refractivity (Wildman–Crippen MR) is 98.1 cm³/mol. The Balaban J connectivity index is 1.67. The summed E-state index contributed by atoms with van der Waals surface area (Å²) in [5, 5.41) is 11.4. The number of amides is 1. The Morgan fingerprint density at radius 1 is 1.08 bits per heavy atom. The highest BCUT2D eigenvalue weighted by Crippen LogP contribution is 2.19. The van der Waals surface area contributed by atoms with Gasteiger partial charge in [-0.1, -0.05) is 18.2 Å². The van der Waals surface area contributed by atoms with Crippen LogP contribution in [0.4, 0.5) is 5.69 Å². The van der Waals surface area contributed by atoms with E-state index < -0.39 is 0 Å². The van der Waals surface area contributed by atoms with E-state index in [4.69, 9.17) is 4.74 Å². The highest BCUT2D eigenvalue weighted by Gasteiger charge is 2.16. The molecule has 0 unspecified atom stereocenters. The fraction of sp³-hybridized carbons (Fsp3) is 0.263.